The molecule has 0 radical (unpaired) electrons. The second kappa shape index (κ2) is 7.26. The van der Waals surface area contributed by atoms with Crippen LogP contribution in [0.5, 0.6) is 11.5 Å². The van der Waals surface area contributed by atoms with E-state index in [0.717, 1.165) is 17.5 Å². The van der Waals surface area contributed by atoms with E-state index in [2.05, 4.69) is 0 Å². The molecule has 2 rings (SSSR count). The summed E-state index contributed by atoms with van der Waals surface area (Å²) >= 11 is 0. The number of non-ortho nitro benzene ring substituents is 1. The van der Waals surface area contributed by atoms with Crippen LogP contribution in [0.3, 0.4) is 0 Å². The highest BCUT2D eigenvalue weighted by Crippen LogP contribution is 2.27. The van der Waals surface area contributed by atoms with Crippen molar-refractivity contribution >= 4 is 11.8 Å². The van der Waals surface area contributed by atoms with Gasteiger partial charge in [-0.1, -0.05) is 18.2 Å². The molecule has 0 aromatic heterocycles. The monoisotopic (exact) mass is 299 g/mol. The second-order valence-electron chi connectivity index (χ2n) is 4.64. The van der Waals surface area contributed by atoms with Crippen molar-refractivity contribution in [1.29, 1.82) is 0 Å². The lowest BCUT2D eigenvalue weighted by atomic mass is 10.1. The number of rotatable bonds is 6. The van der Waals surface area contributed by atoms with E-state index in [9.17, 15) is 10.1 Å². The number of nitro groups is 1. The topological polar surface area (TPSA) is 61.6 Å². The molecule has 2 aromatic carbocycles. The Hall–Kier alpha value is -2.82. The van der Waals surface area contributed by atoms with Gasteiger partial charge in [-0.25, -0.2) is 0 Å². The molecule has 0 saturated heterocycles. The van der Waals surface area contributed by atoms with Crippen LogP contribution in [0.2, 0.25) is 0 Å². The number of benzene rings is 2. The van der Waals surface area contributed by atoms with Crippen molar-refractivity contribution in [3.63, 3.8) is 0 Å². The summed E-state index contributed by atoms with van der Waals surface area (Å²) in [7, 11) is 3.21. The molecule has 2 aromatic rings. The van der Waals surface area contributed by atoms with Gasteiger partial charge in [-0.05, 0) is 41.8 Å². The van der Waals surface area contributed by atoms with Crippen LogP contribution >= 0.6 is 0 Å². The zero-order chi connectivity index (χ0) is 15.9. The summed E-state index contributed by atoms with van der Waals surface area (Å²) < 4.78 is 10.5. The summed E-state index contributed by atoms with van der Waals surface area (Å²) in [4.78, 5) is 10.2. The SMILES string of the molecule is COc1ccc(C/C=C/c2ccc([N+](=O)[O-])cc2)cc1OC. The minimum absolute atomic E-state index is 0.0945. The van der Waals surface area contributed by atoms with Crippen molar-refractivity contribution in [2.75, 3.05) is 14.2 Å². The van der Waals surface area contributed by atoms with Gasteiger partial charge < -0.3 is 9.47 Å². The molecular formula is C17H17NO4. The quantitative estimate of drug-likeness (QED) is 0.600. The van der Waals surface area contributed by atoms with Gasteiger partial charge in [0.15, 0.2) is 11.5 Å². The standard InChI is InChI=1S/C17H17NO4/c1-21-16-11-8-14(12-17(16)22-2)5-3-4-13-6-9-15(10-7-13)18(19)20/h3-4,6-12H,5H2,1-2H3/b4-3+. The summed E-state index contributed by atoms with van der Waals surface area (Å²) in [5.74, 6) is 1.40. The molecule has 114 valence electrons. The summed E-state index contributed by atoms with van der Waals surface area (Å²) in [6.45, 7) is 0. The lowest BCUT2D eigenvalue weighted by Gasteiger charge is -2.08. The molecule has 0 aliphatic heterocycles. The molecule has 22 heavy (non-hydrogen) atoms. The molecule has 0 aliphatic carbocycles. The number of nitro benzene ring substituents is 1. The molecule has 0 atom stereocenters. The third-order valence-electron chi connectivity index (χ3n) is 3.22. The van der Waals surface area contributed by atoms with Crippen LogP contribution in [0.25, 0.3) is 6.08 Å². The first-order valence-corrected chi connectivity index (χ1v) is 6.76. The zero-order valence-corrected chi connectivity index (χ0v) is 12.5. The molecule has 0 bridgehead atoms. The second-order valence-corrected chi connectivity index (χ2v) is 4.64. The van der Waals surface area contributed by atoms with Crippen LogP contribution in [0, 0.1) is 10.1 Å². The van der Waals surface area contributed by atoms with E-state index in [1.807, 2.05) is 30.4 Å². The Morgan fingerprint density at radius 1 is 1.05 bits per heavy atom. The first-order valence-electron chi connectivity index (χ1n) is 6.76. The molecule has 0 fully saturated rings. The maximum Gasteiger partial charge on any atom is 0.269 e. The van der Waals surface area contributed by atoms with E-state index < -0.39 is 4.92 Å². The molecule has 0 heterocycles. The van der Waals surface area contributed by atoms with Gasteiger partial charge in [-0.3, -0.25) is 10.1 Å². The number of hydrogen-bond acceptors (Lipinski definition) is 4. The van der Waals surface area contributed by atoms with Crippen molar-refractivity contribution in [2.24, 2.45) is 0 Å². The fourth-order valence-corrected chi connectivity index (χ4v) is 2.05. The molecular weight excluding hydrogens is 282 g/mol. The molecule has 0 amide bonds. The Morgan fingerprint density at radius 2 is 1.73 bits per heavy atom. The predicted molar refractivity (Wildman–Crippen MR) is 85.4 cm³/mol. The van der Waals surface area contributed by atoms with Crippen LogP contribution < -0.4 is 9.47 Å². The average molecular weight is 299 g/mol. The van der Waals surface area contributed by atoms with E-state index in [-0.39, 0.29) is 5.69 Å². The van der Waals surface area contributed by atoms with Crippen LogP contribution in [0.4, 0.5) is 5.69 Å². The van der Waals surface area contributed by atoms with Crippen molar-refractivity contribution < 1.29 is 14.4 Å². The fourth-order valence-electron chi connectivity index (χ4n) is 2.05. The molecule has 0 N–H and O–H groups in total. The number of nitrogens with zero attached hydrogens (tertiary/aromatic N) is 1. The molecule has 0 aliphatic rings. The van der Waals surface area contributed by atoms with E-state index >= 15 is 0 Å². The van der Waals surface area contributed by atoms with Crippen molar-refractivity contribution in [3.05, 3.63) is 69.8 Å². The van der Waals surface area contributed by atoms with E-state index in [1.54, 1.807) is 26.4 Å². The minimum Gasteiger partial charge on any atom is -0.493 e. The largest absolute Gasteiger partial charge is 0.493 e. The van der Waals surface area contributed by atoms with Gasteiger partial charge in [-0.2, -0.15) is 0 Å². The van der Waals surface area contributed by atoms with Gasteiger partial charge in [0.25, 0.3) is 5.69 Å². The normalized spacial score (nSPS) is 10.6. The van der Waals surface area contributed by atoms with Gasteiger partial charge >= 0.3 is 0 Å². The lowest BCUT2D eigenvalue weighted by Crippen LogP contribution is -1.92. The Morgan fingerprint density at radius 3 is 2.32 bits per heavy atom. The van der Waals surface area contributed by atoms with E-state index in [4.69, 9.17) is 9.47 Å². The highest BCUT2D eigenvalue weighted by atomic mass is 16.6. The Bertz CT molecular complexity index is 678. The molecule has 5 nitrogen and oxygen atoms in total. The summed E-state index contributed by atoms with van der Waals surface area (Å²) in [6.07, 6.45) is 4.67. The van der Waals surface area contributed by atoms with Crippen molar-refractivity contribution in [1.82, 2.24) is 0 Å². The van der Waals surface area contributed by atoms with E-state index in [0.29, 0.717) is 11.5 Å². The Kier molecular flexibility index (Phi) is 5.14. The van der Waals surface area contributed by atoms with Crippen LogP contribution in [-0.4, -0.2) is 19.1 Å². The van der Waals surface area contributed by atoms with Gasteiger partial charge in [0, 0.05) is 12.1 Å². The Balaban J connectivity index is 2.04. The first kappa shape index (κ1) is 15.6. The fraction of sp³-hybridized carbons (Fsp3) is 0.176. The highest BCUT2D eigenvalue weighted by molar-refractivity contribution is 5.52. The summed E-state index contributed by atoms with van der Waals surface area (Å²) in [5, 5.41) is 10.6. The third kappa shape index (κ3) is 3.85. The maximum atomic E-state index is 10.6. The van der Waals surface area contributed by atoms with Crippen LogP contribution in [-0.2, 0) is 6.42 Å². The molecule has 0 saturated carbocycles. The molecule has 0 unspecified atom stereocenters. The Labute approximate surface area is 129 Å². The van der Waals surface area contributed by atoms with Gasteiger partial charge in [0.1, 0.15) is 0 Å². The average Bonchev–Trinajstić information content (AvgIpc) is 2.55. The highest BCUT2D eigenvalue weighted by Gasteiger charge is 2.04. The lowest BCUT2D eigenvalue weighted by molar-refractivity contribution is -0.384. The van der Waals surface area contributed by atoms with E-state index in [1.165, 1.54) is 12.1 Å². The number of ether oxygens (including phenoxy) is 2. The first-order chi connectivity index (χ1) is 10.6. The minimum atomic E-state index is -0.406. The van der Waals surface area contributed by atoms with Gasteiger partial charge in [0.2, 0.25) is 0 Å². The van der Waals surface area contributed by atoms with Crippen LogP contribution in [0.15, 0.2) is 48.5 Å². The summed E-state index contributed by atoms with van der Waals surface area (Å²) in [5.41, 5.74) is 2.11. The number of methoxy groups -OCH3 is 2. The van der Waals surface area contributed by atoms with Crippen LogP contribution in [0.1, 0.15) is 11.1 Å². The summed E-state index contributed by atoms with van der Waals surface area (Å²) in [6, 6.07) is 12.2. The molecule has 0 spiro atoms. The maximum absolute atomic E-state index is 10.6. The van der Waals surface area contributed by atoms with Gasteiger partial charge in [-0.15, -0.1) is 0 Å². The van der Waals surface area contributed by atoms with Crippen molar-refractivity contribution in [3.8, 4) is 11.5 Å². The number of allylic oxidation sites excluding steroid dienone is 1. The smallest absolute Gasteiger partial charge is 0.269 e. The van der Waals surface area contributed by atoms with Gasteiger partial charge in [0.05, 0.1) is 19.1 Å². The zero-order valence-electron chi connectivity index (χ0n) is 12.5. The van der Waals surface area contributed by atoms with Crippen molar-refractivity contribution in [2.45, 2.75) is 6.42 Å². The third-order valence-corrected chi connectivity index (χ3v) is 3.22. The molecule has 5 heteroatoms. The number of hydrogen-bond donors (Lipinski definition) is 0. The predicted octanol–water partition coefficient (Wildman–Crippen LogP) is 3.87.